The van der Waals surface area contributed by atoms with E-state index in [9.17, 15) is 4.79 Å². The Labute approximate surface area is 166 Å². The van der Waals surface area contributed by atoms with E-state index in [0.29, 0.717) is 25.1 Å². The third-order valence-electron chi connectivity index (χ3n) is 4.34. The van der Waals surface area contributed by atoms with Crippen molar-refractivity contribution >= 4 is 5.91 Å². The largest absolute Gasteiger partial charge is 0.491 e. The minimum absolute atomic E-state index is 0.0101. The molecule has 3 aromatic rings. The molecule has 1 aromatic heterocycles. The first kappa shape index (κ1) is 19.6. The van der Waals surface area contributed by atoms with Gasteiger partial charge in [0.25, 0.3) is 5.91 Å². The third-order valence-corrected chi connectivity index (χ3v) is 4.34. The molecule has 0 aliphatic carbocycles. The van der Waals surface area contributed by atoms with Crippen molar-refractivity contribution in [1.82, 2.24) is 9.88 Å². The first-order chi connectivity index (χ1) is 13.6. The molecule has 1 heterocycles. The van der Waals surface area contributed by atoms with Gasteiger partial charge >= 0.3 is 0 Å². The summed E-state index contributed by atoms with van der Waals surface area (Å²) in [5, 5.41) is 0. The van der Waals surface area contributed by atoms with E-state index in [-0.39, 0.29) is 12.0 Å². The summed E-state index contributed by atoms with van der Waals surface area (Å²) in [6.07, 6.45) is 2.61. The van der Waals surface area contributed by atoms with Crippen LogP contribution in [-0.4, -0.2) is 28.4 Å². The van der Waals surface area contributed by atoms with Gasteiger partial charge in [-0.1, -0.05) is 36.4 Å². The molecule has 1 amide bonds. The molecule has 0 aliphatic rings. The van der Waals surface area contributed by atoms with Crippen LogP contribution < -0.4 is 4.74 Å². The Morgan fingerprint density at radius 3 is 2.32 bits per heavy atom. The Balaban J connectivity index is 1.75. The summed E-state index contributed by atoms with van der Waals surface area (Å²) >= 11 is 0. The molecule has 0 atom stereocenters. The molecule has 0 saturated carbocycles. The van der Waals surface area contributed by atoms with Crippen molar-refractivity contribution in [2.75, 3.05) is 6.54 Å². The summed E-state index contributed by atoms with van der Waals surface area (Å²) in [6, 6.07) is 23.3. The number of aromatic nitrogens is 1. The second-order valence-corrected chi connectivity index (χ2v) is 6.97. The highest BCUT2D eigenvalue weighted by molar-refractivity contribution is 5.94. The molecule has 0 saturated heterocycles. The Morgan fingerprint density at radius 1 is 0.964 bits per heavy atom. The molecular formula is C24H26N2O2. The summed E-state index contributed by atoms with van der Waals surface area (Å²) in [5.41, 5.74) is 2.75. The number of hydrogen-bond acceptors (Lipinski definition) is 3. The zero-order chi connectivity index (χ0) is 19.8. The Morgan fingerprint density at radius 2 is 1.68 bits per heavy atom. The van der Waals surface area contributed by atoms with Crippen LogP contribution in [0.25, 0.3) is 0 Å². The van der Waals surface area contributed by atoms with E-state index in [0.717, 1.165) is 17.0 Å². The van der Waals surface area contributed by atoms with Gasteiger partial charge in [0.15, 0.2) is 0 Å². The normalized spacial score (nSPS) is 10.7. The Kier molecular flexibility index (Phi) is 6.79. The van der Waals surface area contributed by atoms with E-state index in [4.69, 9.17) is 4.74 Å². The summed E-state index contributed by atoms with van der Waals surface area (Å²) in [7, 11) is 0. The lowest BCUT2D eigenvalue weighted by atomic mass is 10.1. The minimum Gasteiger partial charge on any atom is -0.491 e. The molecule has 0 unspecified atom stereocenters. The second-order valence-electron chi connectivity index (χ2n) is 6.97. The molecule has 3 rings (SSSR count). The van der Waals surface area contributed by atoms with Crippen LogP contribution in [0.1, 0.15) is 35.5 Å². The van der Waals surface area contributed by atoms with E-state index >= 15 is 0 Å². The number of carbonyl (C=O) groups is 1. The van der Waals surface area contributed by atoms with Crippen molar-refractivity contribution in [3.05, 3.63) is 95.8 Å². The van der Waals surface area contributed by atoms with Crippen LogP contribution in [0, 0.1) is 0 Å². The van der Waals surface area contributed by atoms with Gasteiger partial charge in [-0.15, -0.1) is 0 Å². The Hall–Kier alpha value is -3.14. The van der Waals surface area contributed by atoms with Crippen molar-refractivity contribution in [1.29, 1.82) is 0 Å². The number of benzene rings is 2. The van der Waals surface area contributed by atoms with Crippen molar-refractivity contribution in [2.24, 2.45) is 0 Å². The van der Waals surface area contributed by atoms with Gasteiger partial charge < -0.3 is 9.64 Å². The topological polar surface area (TPSA) is 42.4 Å². The number of rotatable bonds is 8. The minimum atomic E-state index is 0.0101. The predicted molar refractivity (Wildman–Crippen MR) is 111 cm³/mol. The quantitative estimate of drug-likeness (QED) is 0.571. The van der Waals surface area contributed by atoms with E-state index in [2.05, 4.69) is 4.98 Å². The van der Waals surface area contributed by atoms with Gasteiger partial charge in [0.2, 0.25) is 0 Å². The van der Waals surface area contributed by atoms with Gasteiger partial charge in [0.1, 0.15) is 5.75 Å². The number of hydrogen-bond donors (Lipinski definition) is 0. The van der Waals surface area contributed by atoms with E-state index in [1.807, 2.05) is 91.5 Å². The number of nitrogens with zero attached hydrogens (tertiary/aromatic N) is 2. The van der Waals surface area contributed by atoms with Crippen molar-refractivity contribution in [2.45, 2.75) is 32.9 Å². The molecule has 4 nitrogen and oxygen atoms in total. The lowest BCUT2D eigenvalue weighted by Gasteiger charge is -2.23. The van der Waals surface area contributed by atoms with Gasteiger partial charge in [0.05, 0.1) is 6.10 Å². The maximum atomic E-state index is 13.2. The van der Waals surface area contributed by atoms with Crippen LogP contribution in [0.2, 0.25) is 0 Å². The summed E-state index contributed by atoms with van der Waals surface area (Å²) < 4.78 is 5.68. The van der Waals surface area contributed by atoms with Gasteiger partial charge in [-0.25, -0.2) is 0 Å². The number of pyridine rings is 1. The monoisotopic (exact) mass is 374 g/mol. The highest BCUT2D eigenvalue weighted by Gasteiger charge is 2.17. The molecule has 144 valence electrons. The van der Waals surface area contributed by atoms with Crippen molar-refractivity contribution in [3.8, 4) is 5.75 Å². The van der Waals surface area contributed by atoms with Crippen LogP contribution in [0.3, 0.4) is 0 Å². The summed E-state index contributed by atoms with van der Waals surface area (Å²) in [4.78, 5) is 19.4. The Bertz CT molecular complexity index is 862. The smallest absolute Gasteiger partial charge is 0.254 e. The molecule has 2 aromatic carbocycles. The molecule has 4 heteroatoms. The first-order valence-electron chi connectivity index (χ1n) is 9.61. The number of carbonyl (C=O) groups excluding carboxylic acids is 1. The fourth-order valence-corrected chi connectivity index (χ4v) is 2.98. The molecular weight excluding hydrogens is 348 g/mol. The maximum Gasteiger partial charge on any atom is 0.254 e. The van der Waals surface area contributed by atoms with E-state index in [1.54, 1.807) is 6.20 Å². The van der Waals surface area contributed by atoms with Crippen LogP contribution in [-0.2, 0) is 13.0 Å². The molecule has 0 radical (unpaired) electrons. The molecule has 0 N–H and O–H groups in total. The average Bonchev–Trinajstić information content (AvgIpc) is 2.72. The zero-order valence-electron chi connectivity index (χ0n) is 16.4. The summed E-state index contributed by atoms with van der Waals surface area (Å²) in [6.45, 7) is 5.14. The average molecular weight is 374 g/mol. The third kappa shape index (κ3) is 5.68. The highest BCUT2D eigenvalue weighted by atomic mass is 16.5. The highest BCUT2D eigenvalue weighted by Crippen LogP contribution is 2.17. The standard InChI is InChI=1S/C24H26N2O2/c1-19(2)28-23-13-11-21(12-14-23)24(27)26(18-20-8-4-3-5-9-20)17-15-22-10-6-7-16-25-22/h3-14,16,19H,15,17-18H2,1-2H3. The second kappa shape index (κ2) is 9.70. The van der Waals surface area contributed by atoms with Crippen molar-refractivity contribution in [3.63, 3.8) is 0 Å². The fourth-order valence-electron chi connectivity index (χ4n) is 2.98. The zero-order valence-corrected chi connectivity index (χ0v) is 16.4. The van der Waals surface area contributed by atoms with E-state index < -0.39 is 0 Å². The maximum absolute atomic E-state index is 13.2. The molecule has 28 heavy (non-hydrogen) atoms. The number of amides is 1. The SMILES string of the molecule is CC(C)Oc1ccc(C(=O)N(CCc2ccccn2)Cc2ccccc2)cc1. The van der Waals surface area contributed by atoms with Crippen LogP contribution in [0.5, 0.6) is 5.75 Å². The molecule has 0 spiro atoms. The van der Waals surface area contributed by atoms with Crippen LogP contribution in [0.15, 0.2) is 79.0 Å². The number of ether oxygens (including phenoxy) is 1. The van der Waals surface area contributed by atoms with E-state index in [1.165, 1.54) is 0 Å². The van der Waals surface area contributed by atoms with Crippen molar-refractivity contribution < 1.29 is 9.53 Å². The van der Waals surface area contributed by atoms with Gasteiger partial charge in [-0.2, -0.15) is 0 Å². The lowest BCUT2D eigenvalue weighted by molar-refractivity contribution is 0.0744. The van der Waals surface area contributed by atoms with Crippen LogP contribution in [0.4, 0.5) is 0 Å². The fraction of sp³-hybridized carbons (Fsp3) is 0.250. The molecule has 0 bridgehead atoms. The van der Waals surface area contributed by atoms with Gasteiger partial charge in [-0.3, -0.25) is 9.78 Å². The molecule has 0 aliphatic heterocycles. The predicted octanol–water partition coefficient (Wildman–Crippen LogP) is 4.75. The summed E-state index contributed by atoms with van der Waals surface area (Å²) in [5.74, 6) is 0.783. The lowest BCUT2D eigenvalue weighted by Crippen LogP contribution is -2.32. The first-order valence-corrected chi connectivity index (χ1v) is 9.61. The van der Waals surface area contributed by atoms with Gasteiger partial charge in [-0.05, 0) is 55.8 Å². The van der Waals surface area contributed by atoms with Crippen LogP contribution >= 0.6 is 0 Å². The van der Waals surface area contributed by atoms with Gasteiger partial charge in [0, 0.05) is 37.0 Å². The molecule has 0 fully saturated rings.